The van der Waals surface area contributed by atoms with Gasteiger partial charge in [0.2, 0.25) is 0 Å². The number of carbonyl (C=O) groups is 1. The van der Waals surface area contributed by atoms with Gasteiger partial charge in [0.05, 0.1) is 12.6 Å². The van der Waals surface area contributed by atoms with Gasteiger partial charge < -0.3 is 4.74 Å². The smallest absolute Gasteiger partial charge is 0.411 e. The number of carbonyl (C=O) groups excluding carboxylic acids is 1. The van der Waals surface area contributed by atoms with E-state index < -0.39 is 5.60 Å². The Labute approximate surface area is 152 Å². The Balaban J connectivity index is 2.30. The van der Waals surface area contributed by atoms with Gasteiger partial charge in [0.1, 0.15) is 5.60 Å². The summed E-state index contributed by atoms with van der Waals surface area (Å²) in [6.07, 6.45) is -0.311. The van der Waals surface area contributed by atoms with E-state index in [4.69, 9.17) is 4.74 Å². The summed E-state index contributed by atoms with van der Waals surface area (Å²) in [5.74, 6) is 0. The van der Waals surface area contributed by atoms with Crippen LogP contribution in [0.15, 0.2) is 59.1 Å². The standard InChI is InChI=1S/C20H24BrNO2/c1-15(16-10-6-5-7-11-16)22(19(23)24-20(2,3)4)14-17-12-8-9-13-18(17)21/h5-13,15H,14H2,1-4H3/t15-/m0/s1. The van der Waals surface area contributed by atoms with Gasteiger partial charge >= 0.3 is 6.09 Å². The topological polar surface area (TPSA) is 29.5 Å². The molecule has 0 saturated carbocycles. The summed E-state index contributed by atoms with van der Waals surface area (Å²) < 4.78 is 6.61. The number of benzene rings is 2. The molecule has 0 aliphatic carbocycles. The molecule has 0 unspecified atom stereocenters. The molecule has 2 aromatic carbocycles. The summed E-state index contributed by atoms with van der Waals surface area (Å²) in [5, 5.41) is 0. The van der Waals surface area contributed by atoms with Gasteiger partial charge in [0.25, 0.3) is 0 Å². The molecular formula is C20H24BrNO2. The Bertz CT molecular complexity index is 680. The number of hydrogen-bond acceptors (Lipinski definition) is 2. The minimum atomic E-state index is -0.528. The Morgan fingerprint density at radius 1 is 1.08 bits per heavy atom. The lowest BCUT2D eigenvalue weighted by Crippen LogP contribution is -2.38. The summed E-state index contributed by atoms with van der Waals surface area (Å²) >= 11 is 3.56. The van der Waals surface area contributed by atoms with Gasteiger partial charge in [-0.2, -0.15) is 0 Å². The lowest BCUT2D eigenvalue weighted by Gasteiger charge is -2.32. The number of halogens is 1. The van der Waals surface area contributed by atoms with Gasteiger partial charge in [-0.3, -0.25) is 4.90 Å². The van der Waals surface area contributed by atoms with E-state index in [1.165, 1.54) is 0 Å². The van der Waals surface area contributed by atoms with Crippen molar-refractivity contribution in [1.82, 2.24) is 4.90 Å². The zero-order chi connectivity index (χ0) is 17.7. The minimum absolute atomic E-state index is 0.0897. The fourth-order valence-electron chi connectivity index (χ4n) is 2.40. The van der Waals surface area contributed by atoms with E-state index in [2.05, 4.69) is 15.9 Å². The van der Waals surface area contributed by atoms with Crippen LogP contribution in [0.4, 0.5) is 4.79 Å². The SMILES string of the molecule is C[C@@H](c1ccccc1)N(Cc1ccccc1Br)C(=O)OC(C)(C)C. The van der Waals surface area contributed by atoms with E-state index in [1.807, 2.05) is 82.3 Å². The van der Waals surface area contributed by atoms with Crippen molar-refractivity contribution in [2.75, 3.05) is 0 Å². The van der Waals surface area contributed by atoms with Gasteiger partial charge in [-0.1, -0.05) is 64.5 Å². The molecule has 0 saturated heterocycles. The van der Waals surface area contributed by atoms with Crippen LogP contribution in [-0.4, -0.2) is 16.6 Å². The summed E-state index contributed by atoms with van der Waals surface area (Å²) in [6, 6.07) is 17.8. The zero-order valence-electron chi connectivity index (χ0n) is 14.6. The van der Waals surface area contributed by atoms with Crippen molar-refractivity contribution in [1.29, 1.82) is 0 Å². The van der Waals surface area contributed by atoms with Gasteiger partial charge in [-0.25, -0.2) is 4.79 Å². The second kappa shape index (κ2) is 7.84. The number of ether oxygens (including phenoxy) is 1. The Morgan fingerprint density at radius 2 is 1.67 bits per heavy atom. The first-order valence-corrected chi connectivity index (χ1v) is 8.85. The average Bonchev–Trinajstić information content (AvgIpc) is 2.52. The zero-order valence-corrected chi connectivity index (χ0v) is 16.2. The Hall–Kier alpha value is -1.81. The van der Waals surface area contributed by atoms with Crippen LogP contribution in [0, 0.1) is 0 Å². The quantitative estimate of drug-likeness (QED) is 0.646. The fraction of sp³-hybridized carbons (Fsp3) is 0.350. The Kier molecular flexibility index (Phi) is 6.05. The molecule has 1 atom stereocenters. The predicted molar refractivity (Wildman–Crippen MR) is 101 cm³/mol. The highest BCUT2D eigenvalue weighted by Crippen LogP contribution is 2.27. The number of nitrogens with zero attached hydrogens (tertiary/aromatic N) is 1. The molecule has 0 heterocycles. The van der Waals surface area contributed by atoms with Crippen molar-refractivity contribution in [3.63, 3.8) is 0 Å². The molecule has 0 spiro atoms. The molecular weight excluding hydrogens is 366 g/mol. The van der Waals surface area contributed by atoms with E-state index in [-0.39, 0.29) is 12.1 Å². The molecule has 1 amide bonds. The normalized spacial score (nSPS) is 12.5. The maximum Gasteiger partial charge on any atom is 0.411 e. The third kappa shape index (κ3) is 5.10. The first kappa shape index (κ1) is 18.5. The summed E-state index contributed by atoms with van der Waals surface area (Å²) in [4.78, 5) is 14.5. The number of rotatable bonds is 4. The van der Waals surface area contributed by atoms with Crippen LogP contribution in [0.2, 0.25) is 0 Å². The summed E-state index contributed by atoms with van der Waals surface area (Å²) in [7, 11) is 0. The third-order valence-corrected chi connectivity index (χ3v) is 4.45. The van der Waals surface area contributed by atoms with Crippen LogP contribution in [0.3, 0.4) is 0 Å². The molecule has 0 bridgehead atoms. The van der Waals surface area contributed by atoms with Crippen molar-refractivity contribution in [2.24, 2.45) is 0 Å². The van der Waals surface area contributed by atoms with E-state index >= 15 is 0 Å². The van der Waals surface area contributed by atoms with Crippen LogP contribution in [-0.2, 0) is 11.3 Å². The molecule has 0 aliphatic rings. The second-order valence-corrected chi connectivity index (χ2v) is 7.64. The van der Waals surface area contributed by atoms with Crippen molar-refractivity contribution < 1.29 is 9.53 Å². The number of amides is 1. The summed E-state index contributed by atoms with van der Waals surface area (Å²) in [5.41, 5.74) is 1.60. The highest BCUT2D eigenvalue weighted by molar-refractivity contribution is 9.10. The molecule has 24 heavy (non-hydrogen) atoms. The Morgan fingerprint density at radius 3 is 2.25 bits per heavy atom. The van der Waals surface area contributed by atoms with Gasteiger partial charge in [0, 0.05) is 4.47 Å². The molecule has 0 N–H and O–H groups in total. The lowest BCUT2D eigenvalue weighted by molar-refractivity contribution is 0.0152. The van der Waals surface area contributed by atoms with E-state index in [0.29, 0.717) is 6.54 Å². The fourth-order valence-corrected chi connectivity index (χ4v) is 2.81. The molecule has 0 radical (unpaired) electrons. The molecule has 0 aliphatic heterocycles. The van der Waals surface area contributed by atoms with Crippen LogP contribution in [0.5, 0.6) is 0 Å². The van der Waals surface area contributed by atoms with Gasteiger partial charge in [-0.15, -0.1) is 0 Å². The van der Waals surface area contributed by atoms with Crippen molar-refractivity contribution in [2.45, 2.75) is 45.9 Å². The van der Waals surface area contributed by atoms with Gasteiger partial charge in [0.15, 0.2) is 0 Å². The molecule has 2 aromatic rings. The van der Waals surface area contributed by atoms with E-state index in [9.17, 15) is 4.79 Å². The molecule has 0 aromatic heterocycles. The number of hydrogen-bond donors (Lipinski definition) is 0. The van der Waals surface area contributed by atoms with E-state index in [1.54, 1.807) is 4.90 Å². The van der Waals surface area contributed by atoms with Crippen molar-refractivity contribution in [3.05, 3.63) is 70.2 Å². The van der Waals surface area contributed by atoms with Crippen molar-refractivity contribution >= 4 is 22.0 Å². The van der Waals surface area contributed by atoms with Crippen molar-refractivity contribution in [3.8, 4) is 0 Å². The first-order chi connectivity index (χ1) is 11.3. The predicted octanol–water partition coefficient (Wildman–Crippen LogP) is 5.95. The summed E-state index contributed by atoms with van der Waals surface area (Å²) in [6.45, 7) is 8.15. The largest absolute Gasteiger partial charge is 0.444 e. The minimum Gasteiger partial charge on any atom is -0.444 e. The molecule has 3 nitrogen and oxygen atoms in total. The molecule has 0 fully saturated rings. The highest BCUT2D eigenvalue weighted by atomic mass is 79.9. The van der Waals surface area contributed by atoms with Crippen LogP contribution in [0.25, 0.3) is 0 Å². The van der Waals surface area contributed by atoms with Crippen LogP contribution in [0.1, 0.15) is 44.9 Å². The molecule has 4 heteroatoms. The highest BCUT2D eigenvalue weighted by Gasteiger charge is 2.27. The lowest BCUT2D eigenvalue weighted by atomic mass is 10.1. The third-order valence-electron chi connectivity index (χ3n) is 3.68. The van der Waals surface area contributed by atoms with Gasteiger partial charge in [-0.05, 0) is 44.9 Å². The monoisotopic (exact) mass is 389 g/mol. The molecule has 128 valence electrons. The maximum absolute atomic E-state index is 12.8. The maximum atomic E-state index is 12.8. The molecule has 2 rings (SSSR count). The van der Waals surface area contributed by atoms with E-state index in [0.717, 1.165) is 15.6 Å². The first-order valence-electron chi connectivity index (χ1n) is 8.06. The average molecular weight is 390 g/mol. The van der Waals surface area contributed by atoms with Crippen LogP contribution < -0.4 is 0 Å². The van der Waals surface area contributed by atoms with Crippen LogP contribution >= 0.6 is 15.9 Å². The second-order valence-electron chi connectivity index (χ2n) is 6.79.